The van der Waals surface area contributed by atoms with E-state index in [0.717, 1.165) is 22.5 Å². The van der Waals surface area contributed by atoms with Gasteiger partial charge in [0.05, 0.1) is 49.5 Å². The van der Waals surface area contributed by atoms with Gasteiger partial charge in [0, 0.05) is 37.6 Å². The minimum atomic E-state index is -1.03. The second kappa shape index (κ2) is 13.4. The normalized spacial score (nSPS) is 15.7. The lowest BCUT2D eigenvalue weighted by atomic mass is 10.2. The lowest BCUT2D eigenvalue weighted by Crippen LogP contribution is -2.35. The smallest absolute Gasteiger partial charge is 0.100 e. The number of fused-ring (bicyclic) bond motifs is 2. The van der Waals surface area contributed by atoms with Crippen molar-refractivity contribution in [2.45, 2.75) is 49.5 Å². The van der Waals surface area contributed by atoms with Gasteiger partial charge >= 0.3 is 0 Å². The van der Waals surface area contributed by atoms with Crippen LogP contribution in [0.1, 0.15) is 21.9 Å². The molecule has 0 radical (unpaired) electrons. The maximum absolute atomic E-state index is 6.08. The molecule has 0 bridgehead atoms. The number of methoxy groups -OCH3 is 2. The molecule has 4 unspecified atom stereocenters. The van der Waals surface area contributed by atoms with Crippen molar-refractivity contribution in [2.24, 2.45) is 0 Å². The van der Waals surface area contributed by atoms with Gasteiger partial charge in [-0.2, -0.15) is 0 Å². The number of benzene rings is 2. The van der Waals surface area contributed by atoms with Crippen molar-refractivity contribution >= 4 is 82.3 Å². The van der Waals surface area contributed by atoms with Gasteiger partial charge in [-0.05, 0) is 24.3 Å². The van der Waals surface area contributed by atoms with E-state index in [2.05, 4.69) is 74.7 Å². The topological polar surface area (TPSA) is 44.2 Å². The largest absolute Gasteiger partial charge is 0.384 e. The van der Waals surface area contributed by atoms with E-state index in [1.54, 1.807) is 0 Å². The Bertz CT molecular complexity index is 1090. The third-order valence-corrected chi connectivity index (χ3v) is 15.4. The molecule has 0 aliphatic rings. The van der Waals surface area contributed by atoms with E-state index in [0.29, 0.717) is 11.8 Å². The Kier molecular flexibility index (Phi) is 10.5. The molecule has 4 atom stereocenters. The zero-order valence-corrected chi connectivity index (χ0v) is 27.4. The van der Waals surface area contributed by atoms with Gasteiger partial charge in [-0.15, -0.1) is 22.7 Å². The molecule has 0 N–H and O–H groups in total. The maximum Gasteiger partial charge on any atom is 0.100 e. The summed E-state index contributed by atoms with van der Waals surface area (Å²) in [5.74, 6) is 2.62. The van der Waals surface area contributed by atoms with Gasteiger partial charge in [0.1, 0.15) is 10.0 Å². The van der Waals surface area contributed by atoms with Crippen LogP contribution in [0.15, 0.2) is 48.5 Å². The molecule has 2 heterocycles. The Morgan fingerprint density at radius 2 is 1.08 bits per heavy atom. The number of ether oxygens (including phenoxy) is 2. The van der Waals surface area contributed by atoms with Gasteiger partial charge in [0.2, 0.25) is 0 Å². The number of hydrogen-bond donors (Lipinski definition) is 0. The molecule has 2 aromatic carbocycles. The Balaban J connectivity index is 1.50. The summed E-state index contributed by atoms with van der Waals surface area (Å²) < 4.78 is 14.7. The first-order chi connectivity index (χ1) is 17.4. The van der Waals surface area contributed by atoms with Crippen molar-refractivity contribution in [3.63, 3.8) is 0 Å². The highest BCUT2D eigenvalue weighted by atomic mass is 33.1. The van der Waals surface area contributed by atoms with Gasteiger partial charge in [-0.3, -0.25) is 0 Å². The van der Waals surface area contributed by atoms with E-state index in [9.17, 15) is 0 Å². The minimum Gasteiger partial charge on any atom is -0.384 e. The van der Waals surface area contributed by atoms with E-state index in [1.165, 1.54) is 19.4 Å². The van der Waals surface area contributed by atoms with Crippen LogP contribution < -0.4 is 0 Å². The third kappa shape index (κ3) is 6.63. The van der Waals surface area contributed by atoms with Crippen LogP contribution in [0.25, 0.3) is 20.4 Å². The van der Waals surface area contributed by atoms with E-state index in [4.69, 9.17) is 19.4 Å². The fourth-order valence-electron chi connectivity index (χ4n) is 4.76. The summed E-state index contributed by atoms with van der Waals surface area (Å²) in [7, 11) is 5.60. The lowest BCUT2D eigenvalue weighted by molar-refractivity contribution is 0.143. The fraction of sp³-hybridized carbons (Fsp3) is 0.462. The van der Waals surface area contributed by atoms with Crippen LogP contribution in [-0.4, -0.2) is 64.7 Å². The molecular formula is C26H36N2O2S4Si2. The van der Waals surface area contributed by atoms with Crippen LogP contribution in [0.2, 0.25) is 26.2 Å². The van der Waals surface area contributed by atoms with Crippen molar-refractivity contribution in [1.82, 2.24) is 9.97 Å². The van der Waals surface area contributed by atoms with Crippen LogP contribution in [0.3, 0.4) is 0 Å². The van der Waals surface area contributed by atoms with Crippen molar-refractivity contribution in [2.75, 3.05) is 25.7 Å². The summed E-state index contributed by atoms with van der Waals surface area (Å²) in [6.07, 6.45) is 0. The third-order valence-electron chi connectivity index (χ3n) is 6.49. The summed E-state index contributed by atoms with van der Waals surface area (Å²) in [6.45, 7) is 9.52. The van der Waals surface area contributed by atoms with E-state index in [-0.39, 0.29) is 11.5 Å². The number of nitrogens with zero attached hydrogens (tertiary/aromatic N) is 2. The zero-order valence-electron chi connectivity index (χ0n) is 21.8. The second-order valence-electron chi connectivity index (χ2n) is 9.71. The molecule has 194 valence electrons. The van der Waals surface area contributed by atoms with E-state index >= 15 is 0 Å². The van der Waals surface area contributed by atoms with Crippen LogP contribution in [0.5, 0.6) is 0 Å². The summed E-state index contributed by atoms with van der Waals surface area (Å²) in [6, 6.07) is 16.9. The average Bonchev–Trinajstić information content (AvgIpc) is 3.48. The van der Waals surface area contributed by atoms with Crippen molar-refractivity contribution < 1.29 is 9.47 Å². The number of hydrogen-bond acceptors (Lipinski definition) is 8. The fourth-order valence-corrected chi connectivity index (χ4v) is 14.1. The number of para-hydroxylation sites is 2. The number of aromatic nitrogens is 2. The molecule has 36 heavy (non-hydrogen) atoms. The summed E-state index contributed by atoms with van der Waals surface area (Å²) >= 11 is 3.66. The quantitative estimate of drug-likeness (QED) is 0.0927. The second-order valence-corrected chi connectivity index (χ2v) is 20.7. The molecule has 0 saturated heterocycles. The van der Waals surface area contributed by atoms with Crippen LogP contribution in [-0.2, 0) is 9.47 Å². The Hall–Kier alpha value is -0.726. The van der Waals surface area contributed by atoms with Crippen LogP contribution in [0.4, 0.5) is 0 Å². The first-order valence-corrected chi connectivity index (χ1v) is 22.5. The Morgan fingerprint density at radius 1 is 0.694 bits per heavy atom. The van der Waals surface area contributed by atoms with E-state index in [1.807, 2.05) is 58.5 Å². The molecule has 0 saturated carbocycles. The summed E-state index contributed by atoms with van der Waals surface area (Å²) in [5.41, 5.74) is 2.74. The number of thiazole rings is 2. The minimum absolute atomic E-state index is 0.272. The van der Waals surface area contributed by atoms with Crippen molar-refractivity contribution in [1.29, 1.82) is 0 Å². The predicted octanol–water partition coefficient (Wildman–Crippen LogP) is 7.24. The highest BCUT2D eigenvalue weighted by molar-refractivity contribution is 8.76. The van der Waals surface area contributed by atoms with Crippen LogP contribution >= 0.6 is 44.3 Å². The Morgan fingerprint density at radius 3 is 1.42 bits per heavy atom. The van der Waals surface area contributed by atoms with Gasteiger partial charge in [-0.1, -0.05) is 72.0 Å². The monoisotopic (exact) mass is 592 g/mol. The number of rotatable bonds is 13. The molecule has 0 aliphatic carbocycles. The highest BCUT2D eigenvalue weighted by Gasteiger charge is 2.32. The maximum atomic E-state index is 6.08. The van der Waals surface area contributed by atoms with Crippen LogP contribution in [0, 0.1) is 0 Å². The average molecular weight is 593 g/mol. The molecule has 0 fully saturated rings. The first kappa shape index (κ1) is 28.3. The molecule has 4 nitrogen and oxygen atoms in total. The molecule has 4 rings (SSSR count). The first-order valence-electron chi connectivity index (χ1n) is 12.4. The molecular weight excluding hydrogens is 557 g/mol. The molecule has 0 spiro atoms. The summed E-state index contributed by atoms with van der Waals surface area (Å²) in [4.78, 5) is 10.1. The molecule has 0 aliphatic heterocycles. The zero-order chi connectivity index (χ0) is 25.7. The van der Waals surface area contributed by atoms with Crippen molar-refractivity contribution in [3.05, 3.63) is 58.5 Å². The van der Waals surface area contributed by atoms with Gasteiger partial charge in [0.25, 0.3) is 0 Å². The Labute approximate surface area is 234 Å². The standard InChI is InChI=1S/C26H36N2O2S4Si2/c1-29-25(35(3)4)17(23-27-19-11-7-9-13-21(19)33-23)15-31-32-16-18(26(30-2)36(5)6)24-28-20-12-8-10-14-22(20)34-24/h7-14,17-18,25-26,35-36H,15-16H2,1-6H3. The molecule has 0 amide bonds. The SMILES string of the molecule is COC(C(CSSCC(c1nc2ccccc2s1)C(OC)[SiH](C)C)c1nc2ccccc2s1)[SiH](C)C. The molecule has 4 aromatic rings. The summed E-state index contributed by atoms with van der Waals surface area (Å²) in [5, 5.41) is 2.42. The van der Waals surface area contributed by atoms with Gasteiger partial charge < -0.3 is 9.47 Å². The van der Waals surface area contributed by atoms with E-state index < -0.39 is 17.6 Å². The van der Waals surface area contributed by atoms with Gasteiger partial charge in [0.15, 0.2) is 0 Å². The lowest BCUT2D eigenvalue weighted by Gasteiger charge is -2.28. The molecule has 2 aromatic heterocycles. The highest BCUT2D eigenvalue weighted by Crippen LogP contribution is 2.40. The predicted molar refractivity (Wildman–Crippen MR) is 169 cm³/mol. The van der Waals surface area contributed by atoms with Crippen molar-refractivity contribution in [3.8, 4) is 0 Å². The molecule has 10 heteroatoms. The van der Waals surface area contributed by atoms with Gasteiger partial charge in [-0.25, -0.2) is 9.97 Å².